The summed E-state index contributed by atoms with van der Waals surface area (Å²) in [6.45, 7) is 1.88. The van der Waals surface area contributed by atoms with Gasteiger partial charge in [0.25, 0.3) is 0 Å². The lowest BCUT2D eigenvalue weighted by molar-refractivity contribution is -0.137. The van der Waals surface area contributed by atoms with Gasteiger partial charge < -0.3 is 4.90 Å². The molecule has 0 radical (unpaired) electrons. The third-order valence-corrected chi connectivity index (χ3v) is 5.53. The highest BCUT2D eigenvalue weighted by Crippen LogP contribution is 2.46. The number of alkyl halides is 3. The van der Waals surface area contributed by atoms with E-state index >= 15 is 0 Å². The molecule has 0 saturated carbocycles. The van der Waals surface area contributed by atoms with Gasteiger partial charge in [0, 0.05) is 25.8 Å². The van der Waals surface area contributed by atoms with Crippen LogP contribution in [0.3, 0.4) is 0 Å². The number of rotatable bonds is 2. The van der Waals surface area contributed by atoms with Crippen LogP contribution in [0.2, 0.25) is 0 Å². The smallest absolute Gasteiger partial charge is 0.314 e. The van der Waals surface area contributed by atoms with E-state index in [2.05, 4.69) is 4.90 Å². The maximum Gasteiger partial charge on any atom is 0.416 e. The SMILES string of the molecule is CN1C(=O)C2(CCN(Cc3ccc(C(F)(F)F)cc3)C2)c2ccccc21. The molecule has 1 fully saturated rings. The van der Waals surface area contributed by atoms with Crippen LogP contribution in [0.4, 0.5) is 18.9 Å². The highest BCUT2D eigenvalue weighted by molar-refractivity contribution is 6.08. The summed E-state index contributed by atoms with van der Waals surface area (Å²) in [6.07, 6.45) is -3.59. The Morgan fingerprint density at radius 2 is 1.77 bits per heavy atom. The van der Waals surface area contributed by atoms with Crippen LogP contribution in [0.1, 0.15) is 23.1 Å². The Balaban J connectivity index is 1.54. The van der Waals surface area contributed by atoms with E-state index in [1.54, 1.807) is 11.9 Å². The van der Waals surface area contributed by atoms with Crippen molar-refractivity contribution in [1.82, 2.24) is 4.90 Å². The Morgan fingerprint density at radius 3 is 2.46 bits per heavy atom. The van der Waals surface area contributed by atoms with Gasteiger partial charge in [0.1, 0.15) is 0 Å². The van der Waals surface area contributed by atoms with E-state index in [0.29, 0.717) is 13.1 Å². The minimum absolute atomic E-state index is 0.105. The van der Waals surface area contributed by atoms with Crippen molar-refractivity contribution in [3.05, 3.63) is 65.2 Å². The molecule has 1 unspecified atom stereocenters. The molecule has 26 heavy (non-hydrogen) atoms. The van der Waals surface area contributed by atoms with Gasteiger partial charge in [-0.05, 0) is 42.3 Å². The molecule has 1 amide bonds. The minimum atomic E-state index is -4.32. The van der Waals surface area contributed by atoms with E-state index in [4.69, 9.17) is 0 Å². The molecule has 0 aliphatic carbocycles. The number of carbonyl (C=O) groups is 1. The summed E-state index contributed by atoms with van der Waals surface area (Å²) >= 11 is 0. The van der Waals surface area contributed by atoms with Crippen LogP contribution in [0.5, 0.6) is 0 Å². The zero-order chi connectivity index (χ0) is 18.5. The van der Waals surface area contributed by atoms with Gasteiger partial charge in [-0.15, -0.1) is 0 Å². The summed E-state index contributed by atoms with van der Waals surface area (Å²) in [4.78, 5) is 16.8. The first-order chi connectivity index (χ1) is 12.3. The maximum absolute atomic E-state index is 12.9. The monoisotopic (exact) mass is 360 g/mol. The zero-order valence-electron chi connectivity index (χ0n) is 14.4. The first-order valence-corrected chi connectivity index (χ1v) is 8.57. The van der Waals surface area contributed by atoms with Gasteiger partial charge in [0.2, 0.25) is 5.91 Å². The van der Waals surface area contributed by atoms with Crippen molar-refractivity contribution in [3.8, 4) is 0 Å². The molecule has 1 saturated heterocycles. The standard InChI is InChI=1S/C20H19F3N2O/c1-24-17-5-3-2-4-16(17)19(18(24)26)10-11-25(13-19)12-14-6-8-15(9-7-14)20(21,22)23/h2-9H,10-13H2,1H3. The topological polar surface area (TPSA) is 23.6 Å². The average Bonchev–Trinajstić information content (AvgIpc) is 3.12. The van der Waals surface area contributed by atoms with Crippen LogP contribution in [-0.4, -0.2) is 30.9 Å². The Hall–Kier alpha value is -2.34. The molecule has 1 atom stereocenters. The second-order valence-corrected chi connectivity index (χ2v) is 7.12. The van der Waals surface area contributed by atoms with Gasteiger partial charge in [-0.1, -0.05) is 30.3 Å². The molecule has 2 aromatic rings. The van der Waals surface area contributed by atoms with Crippen LogP contribution in [-0.2, 0) is 22.9 Å². The fourth-order valence-corrected chi connectivity index (χ4v) is 4.19. The van der Waals surface area contributed by atoms with Crippen molar-refractivity contribution in [3.63, 3.8) is 0 Å². The third-order valence-electron chi connectivity index (χ3n) is 5.53. The molecule has 4 rings (SSSR count). The second kappa shape index (κ2) is 5.84. The first-order valence-electron chi connectivity index (χ1n) is 8.57. The molecule has 6 heteroatoms. The number of carbonyl (C=O) groups excluding carboxylic acids is 1. The summed E-state index contributed by atoms with van der Waals surface area (Å²) in [7, 11) is 1.80. The average molecular weight is 360 g/mol. The minimum Gasteiger partial charge on any atom is -0.314 e. The lowest BCUT2D eigenvalue weighted by Crippen LogP contribution is -2.40. The number of hydrogen-bond donors (Lipinski definition) is 0. The molecule has 2 aliphatic heterocycles. The van der Waals surface area contributed by atoms with E-state index in [1.165, 1.54) is 12.1 Å². The summed E-state index contributed by atoms with van der Waals surface area (Å²) in [5.41, 5.74) is 1.66. The van der Waals surface area contributed by atoms with Crippen molar-refractivity contribution >= 4 is 11.6 Å². The summed E-state index contributed by atoms with van der Waals surface area (Å²) in [5, 5.41) is 0. The summed E-state index contributed by atoms with van der Waals surface area (Å²) in [6, 6.07) is 13.1. The molecule has 0 N–H and O–H groups in total. The lowest BCUT2D eigenvalue weighted by atomic mass is 9.81. The first kappa shape index (κ1) is 17.1. The molecule has 1 spiro atoms. The number of likely N-dealkylation sites (tertiary alicyclic amines) is 1. The predicted molar refractivity (Wildman–Crippen MR) is 92.9 cm³/mol. The number of halogens is 3. The normalized spacial score (nSPS) is 23.1. The Morgan fingerprint density at radius 1 is 1.08 bits per heavy atom. The molecule has 0 bridgehead atoms. The van der Waals surface area contributed by atoms with Crippen LogP contribution in [0.15, 0.2) is 48.5 Å². The van der Waals surface area contributed by atoms with Crippen LogP contribution in [0, 0.1) is 0 Å². The quantitative estimate of drug-likeness (QED) is 0.813. The van der Waals surface area contributed by atoms with Gasteiger partial charge in [-0.25, -0.2) is 0 Å². The van der Waals surface area contributed by atoms with Gasteiger partial charge in [0.15, 0.2) is 0 Å². The number of anilines is 1. The Bertz CT molecular complexity index is 847. The van der Waals surface area contributed by atoms with Gasteiger partial charge in [-0.3, -0.25) is 9.69 Å². The van der Waals surface area contributed by atoms with E-state index < -0.39 is 17.2 Å². The van der Waals surface area contributed by atoms with Gasteiger partial charge in [0.05, 0.1) is 11.0 Å². The van der Waals surface area contributed by atoms with Gasteiger partial charge >= 0.3 is 6.18 Å². The van der Waals surface area contributed by atoms with Crippen molar-refractivity contribution in [2.45, 2.75) is 24.6 Å². The highest BCUT2D eigenvalue weighted by Gasteiger charge is 2.53. The number of hydrogen-bond acceptors (Lipinski definition) is 2. The lowest BCUT2D eigenvalue weighted by Gasteiger charge is -2.23. The van der Waals surface area contributed by atoms with Crippen LogP contribution in [0.25, 0.3) is 0 Å². The van der Waals surface area contributed by atoms with Crippen LogP contribution >= 0.6 is 0 Å². The molecule has 3 nitrogen and oxygen atoms in total. The summed E-state index contributed by atoms with van der Waals surface area (Å²) in [5.74, 6) is 0.105. The van der Waals surface area contributed by atoms with Crippen molar-refractivity contribution in [2.24, 2.45) is 0 Å². The van der Waals surface area contributed by atoms with Crippen molar-refractivity contribution in [2.75, 3.05) is 25.0 Å². The highest BCUT2D eigenvalue weighted by atomic mass is 19.4. The molecule has 2 aromatic carbocycles. The Labute approximate surface area is 150 Å². The molecule has 136 valence electrons. The summed E-state index contributed by atoms with van der Waals surface area (Å²) < 4.78 is 38.1. The predicted octanol–water partition coefficient (Wildman–Crippen LogP) is 3.83. The maximum atomic E-state index is 12.9. The molecule has 2 heterocycles. The van der Waals surface area contributed by atoms with E-state index in [1.807, 2.05) is 24.3 Å². The molecular formula is C20H19F3N2O. The number of fused-ring (bicyclic) bond motifs is 2. The molecular weight excluding hydrogens is 341 g/mol. The zero-order valence-corrected chi connectivity index (χ0v) is 14.4. The van der Waals surface area contributed by atoms with Crippen molar-refractivity contribution in [1.29, 1.82) is 0 Å². The molecule has 2 aliphatic rings. The number of para-hydroxylation sites is 1. The third kappa shape index (κ3) is 2.60. The van der Waals surface area contributed by atoms with Gasteiger partial charge in [-0.2, -0.15) is 13.2 Å². The largest absolute Gasteiger partial charge is 0.416 e. The van der Waals surface area contributed by atoms with E-state index in [9.17, 15) is 18.0 Å². The number of amides is 1. The fourth-order valence-electron chi connectivity index (χ4n) is 4.19. The second-order valence-electron chi connectivity index (χ2n) is 7.12. The van der Waals surface area contributed by atoms with Crippen molar-refractivity contribution < 1.29 is 18.0 Å². The fraction of sp³-hybridized carbons (Fsp3) is 0.350. The van der Waals surface area contributed by atoms with E-state index in [0.717, 1.165) is 41.9 Å². The van der Waals surface area contributed by atoms with E-state index in [-0.39, 0.29) is 5.91 Å². The molecule has 0 aromatic heterocycles. The number of likely N-dealkylation sites (N-methyl/N-ethyl adjacent to an activating group) is 1. The Kier molecular flexibility index (Phi) is 3.84. The number of benzene rings is 2. The number of nitrogens with zero attached hydrogens (tertiary/aromatic N) is 2. The van der Waals surface area contributed by atoms with Crippen LogP contribution < -0.4 is 4.90 Å².